The molecule has 0 rings (SSSR count). The summed E-state index contributed by atoms with van der Waals surface area (Å²) in [6.45, 7) is 7.07. The number of hydrogen-bond acceptors (Lipinski definition) is 6. The van der Waals surface area contributed by atoms with Gasteiger partial charge in [-0.25, -0.2) is 9.59 Å². The van der Waals surface area contributed by atoms with Gasteiger partial charge in [0.2, 0.25) is 5.54 Å². The summed E-state index contributed by atoms with van der Waals surface area (Å²) in [4.78, 5) is 25.7. The SMILES string of the molecule is C=C(C#N)CC(C(=O)OCC)(C(=O)OCC)N(C)C. The predicted octanol–water partition coefficient (Wildman–Crippen LogP) is 0.883. The average molecular weight is 268 g/mol. The minimum Gasteiger partial charge on any atom is -0.464 e. The fraction of sp³-hybridized carbons (Fsp3) is 0.615. The summed E-state index contributed by atoms with van der Waals surface area (Å²) in [5, 5.41) is 8.83. The topological polar surface area (TPSA) is 79.6 Å². The van der Waals surface area contributed by atoms with Crippen LogP contribution in [0.5, 0.6) is 0 Å². The lowest BCUT2D eigenvalue weighted by Crippen LogP contribution is -2.59. The van der Waals surface area contributed by atoms with E-state index in [1.54, 1.807) is 27.9 Å². The molecule has 0 aromatic rings. The van der Waals surface area contributed by atoms with E-state index >= 15 is 0 Å². The summed E-state index contributed by atoms with van der Waals surface area (Å²) < 4.78 is 9.90. The third-order valence-electron chi connectivity index (χ3n) is 2.62. The van der Waals surface area contributed by atoms with Gasteiger partial charge in [0.15, 0.2) is 0 Å². The molecule has 0 bridgehead atoms. The van der Waals surface area contributed by atoms with Gasteiger partial charge in [-0.2, -0.15) is 5.26 Å². The Hall–Kier alpha value is -1.87. The number of ether oxygens (including phenoxy) is 2. The zero-order valence-corrected chi connectivity index (χ0v) is 11.9. The van der Waals surface area contributed by atoms with Crippen LogP contribution in [-0.4, -0.2) is 49.7 Å². The molecule has 0 atom stereocenters. The van der Waals surface area contributed by atoms with Crippen molar-refractivity contribution in [3.8, 4) is 6.07 Å². The maximum absolute atomic E-state index is 12.2. The van der Waals surface area contributed by atoms with Gasteiger partial charge in [0.25, 0.3) is 0 Å². The Kier molecular flexibility index (Phi) is 6.80. The Balaban J connectivity index is 5.61. The Morgan fingerprint density at radius 2 is 1.63 bits per heavy atom. The van der Waals surface area contributed by atoms with Crippen molar-refractivity contribution in [3.05, 3.63) is 12.2 Å². The van der Waals surface area contributed by atoms with Crippen molar-refractivity contribution in [1.29, 1.82) is 5.26 Å². The van der Waals surface area contributed by atoms with Crippen molar-refractivity contribution in [3.63, 3.8) is 0 Å². The maximum Gasteiger partial charge on any atom is 0.338 e. The first kappa shape index (κ1) is 17.1. The van der Waals surface area contributed by atoms with Crippen LogP contribution in [-0.2, 0) is 19.1 Å². The minimum atomic E-state index is -1.67. The summed E-state index contributed by atoms with van der Waals surface area (Å²) in [7, 11) is 3.11. The molecular weight excluding hydrogens is 248 g/mol. The van der Waals surface area contributed by atoms with Crippen LogP contribution >= 0.6 is 0 Å². The molecule has 0 heterocycles. The Labute approximate surface area is 113 Å². The van der Waals surface area contributed by atoms with Crippen molar-refractivity contribution in [1.82, 2.24) is 4.90 Å². The molecule has 0 radical (unpaired) electrons. The Morgan fingerprint density at radius 1 is 1.21 bits per heavy atom. The molecule has 0 aliphatic heterocycles. The van der Waals surface area contributed by atoms with Gasteiger partial charge in [-0.15, -0.1) is 0 Å². The van der Waals surface area contributed by atoms with Crippen LogP contribution in [0, 0.1) is 11.3 Å². The second-order valence-corrected chi connectivity index (χ2v) is 4.09. The van der Waals surface area contributed by atoms with Gasteiger partial charge in [-0.3, -0.25) is 4.90 Å². The van der Waals surface area contributed by atoms with E-state index in [0.717, 1.165) is 0 Å². The molecule has 0 aliphatic rings. The molecule has 6 nitrogen and oxygen atoms in total. The van der Waals surface area contributed by atoms with E-state index in [-0.39, 0.29) is 25.2 Å². The van der Waals surface area contributed by atoms with Crippen LogP contribution < -0.4 is 0 Å². The van der Waals surface area contributed by atoms with Crippen molar-refractivity contribution in [2.45, 2.75) is 25.8 Å². The molecule has 0 amide bonds. The van der Waals surface area contributed by atoms with Gasteiger partial charge >= 0.3 is 11.9 Å². The largest absolute Gasteiger partial charge is 0.464 e. The van der Waals surface area contributed by atoms with Gasteiger partial charge in [-0.1, -0.05) is 6.58 Å². The maximum atomic E-state index is 12.2. The standard InChI is InChI=1S/C13H20N2O4/c1-6-18-11(16)13(15(4)5,8-10(3)9-14)12(17)19-7-2/h3,6-8H2,1-2,4-5H3. The highest BCUT2D eigenvalue weighted by Crippen LogP contribution is 2.25. The van der Waals surface area contributed by atoms with Crippen LogP contribution in [0.3, 0.4) is 0 Å². The molecular formula is C13H20N2O4. The molecule has 0 N–H and O–H groups in total. The molecule has 0 saturated carbocycles. The molecule has 0 aromatic heterocycles. The lowest BCUT2D eigenvalue weighted by Gasteiger charge is -2.34. The molecule has 6 heteroatoms. The van der Waals surface area contributed by atoms with Crippen LogP contribution in [0.4, 0.5) is 0 Å². The first-order valence-electron chi connectivity index (χ1n) is 5.96. The normalized spacial score (nSPS) is 10.7. The summed E-state index contributed by atoms with van der Waals surface area (Å²) in [5.41, 5.74) is -1.56. The van der Waals surface area contributed by atoms with Crippen LogP contribution in [0.1, 0.15) is 20.3 Å². The minimum absolute atomic E-state index is 0.106. The van der Waals surface area contributed by atoms with Gasteiger partial charge in [0.1, 0.15) is 0 Å². The molecule has 0 aliphatic carbocycles. The van der Waals surface area contributed by atoms with Crippen molar-refractivity contribution >= 4 is 11.9 Å². The van der Waals surface area contributed by atoms with Gasteiger partial charge in [0, 0.05) is 12.0 Å². The fourth-order valence-electron chi connectivity index (χ4n) is 1.60. The van der Waals surface area contributed by atoms with Crippen LogP contribution in [0.25, 0.3) is 0 Å². The summed E-state index contributed by atoms with van der Waals surface area (Å²) >= 11 is 0. The molecule has 19 heavy (non-hydrogen) atoms. The summed E-state index contributed by atoms with van der Waals surface area (Å²) in [6.07, 6.45) is -0.159. The van der Waals surface area contributed by atoms with Crippen LogP contribution in [0.15, 0.2) is 12.2 Å². The average Bonchev–Trinajstić information content (AvgIpc) is 2.35. The van der Waals surface area contributed by atoms with Gasteiger partial charge < -0.3 is 9.47 Å². The molecule has 0 aromatic carbocycles. The van der Waals surface area contributed by atoms with Crippen LogP contribution in [0.2, 0.25) is 0 Å². The number of rotatable bonds is 7. The van der Waals surface area contributed by atoms with Gasteiger partial charge in [0.05, 0.1) is 19.3 Å². The summed E-state index contributed by atoms with van der Waals surface area (Å²) in [5.74, 6) is -1.48. The van der Waals surface area contributed by atoms with E-state index in [0.29, 0.717) is 0 Å². The van der Waals surface area contributed by atoms with Gasteiger partial charge in [-0.05, 0) is 27.9 Å². The first-order chi connectivity index (χ1) is 8.86. The smallest absolute Gasteiger partial charge is 0.338 e. The molecule has 0 fully saturated rings. The van der Waals surface area contributed by atoms with Crippen molar-refractivity contribution in [2.75, 3.05) is 27.3 Å². The molecule has 0 unspecified atom stereocenters. The highest BCUT2D eigenvalue weighted by molar-refractivity contribution is 6.05. The zero-order chi connectivity index (χ0) is 15.1. The second kappa shape index (κ2) is 7.54. The number of hydrogen-bond donors (Lipinski definition) is 0. The number of carbonyl (C=O) groups excluding carboxylic acids is 2. The monoisotopic (exact) mass is 268 g/mol. The first-order valence-corrected chi connectivity index (χ1v) is 5.96. The Bertz CT molecular complexity index is 378. The zero-order valence-electron chi connectivity index (χ0n) is 11.9. The van der Waals surface area contributed by atoms with E-state index in [9.17, 15) is 9.59 Å². The van der Waals surface area contributed by atoms with E-state index < -0.39 is 17.5 Å². The van der Waals surface area contributed by atoms with E-state index in [1.165, 1.54) is 4.90 Å². The lowest BCUT2D eigenvalue weighted by atomic mass is 9.90. The number of carbonyl (C=O) groups is 2. The quantitative estimate of drug-likeness (QED) is 0.387. The van der Waals surface area contributed by atoms with E-state index in [2.05, 4.69) is 6.58 Å². The fourth-order valence-corrected chi connectivity index (χ4v) is 1.60. The Morgan fingerprint density at radius 3 is 1.89 bits per heavy atom. The van der Waals surface area contributed by atoms with E-state index in [1.807, 2.05) is 6.07 Å². The number of nitriles is 1. The number of likely N-dealkylation sites (N-methyl/N-ethyl adjacent to an activating group) is 1. The highest BCUT2D eigenvalue weighted by atomic mass is 16.6. The number of esters is 2. The molecule has 0 spiro atoms. The molecule has 106 valence electrons. The third kappa shape index (κ3) is 3.80. The molecule has 0 saturated heterocycles. The van der Waals surface area contributed by atoms with Crippen molar-refractivity contribution < 1.29 is 19.1 Å². The van der Waals surface area contributed by atoms with E-state index in [4.69, 9.17) is 14.7 Å². The third-order valence-corrected chi connectivity index (χ3v) is 2.62. The highest BCUT2D eigenvalue weighted by Gasteiger charge is 2.51. The van der Waals surface area contributed by atoms with Crippen molar-refractivity contribution in [2.24, 2.45) is 0 Å². The lowest BCUT2D eigenvalue weighted by molar-refractivity contribution is -0.173. The number of nitrogens with zero attached hydrogens (tertiary/aromatic N) is 2. The summed E-state index contributed by atoms with van der Waals surface area (Å²) in [6, 6.07) is 1.83. The second-order valence-electron chi connectivity index (χ2n) is 4.09. The predicted molar refractivity (Wildman–Crippen MR) is 69.1 cm³/mol.